The predicted octanol–water partition coefficient (Wildman–Crippen LogP) is 3.44. The molecular weight excluding hydrogens is 359 g/mol. The molecule has 2 aromatic carbocycles. The van der Waals surface area contributed by atoms with Gasteiger partial charge in [-0.05, 0) is 24.3 Å². The fraction of sp³-hybridized carbons (Fsp3) is 0.0714. The van der Waals surface area contributed by atoms with Gasteiger partial charge >= 0.3 is 5.97 Å². The zero-order valence-corrected chi connectivity index (χ0v) is 12.7. The van der Waals surface area contributed by atoms with Gasteiger partial charge < -0.3 is 10.5 Å². The number of hydrogen-bond donors (Lipinski definition) is 1. The summed E-state index contributed by atoms with van der Waals surface area (Å²) in [7, 11) is 0. The lowest BCUT2D eigenvalue weighted by Crippen LogP contribution is -2.07. The number of nitro groups is 1. The Morgan fingerprint density at radius 2 is 2.05 bits per heavy atom. The second-order valence-electron chi connectivity index (χ2n) is 4.34. The Labute approximate surface area is 133 Å². The van der Waals surface area contributed by atoms with Crippen molar-refractivity contribution in [2.75, 3.05) is 5.73 Å². The van der Waals surface area contributed by atoms with Crippen LogP contribution in [0.25, 0.3) is 0 Å². The molecule has 0 fully saturated rings. The number of nitro benzene ring substituents is 1. The van der Waals surface area contributed by atoms with Gasteiger partial charge in [0.2, 0.25) is 0 Å². The summed E-state index contributed by atoms with van der Waals surface area (Å²) in [4.78, 5) is 21.9. The summed E-state index contributed by atoms with van der Waals surface area (Å²) in [6.45, 7) is -0.282. The van der Waals surface area contributed by atoms with Crippen molar-refractivity contribution in [2.45, 2.75) is 6.61 Å². The van der Waals surface area contributed by atoms with E-state index in [0.29, 0.717) is 4.47 Å². The van der Waals surface area contributed by atoms with Gasteiger partial charge in [-0.25, -0.2) is 9.18 Å². The number of rotatable bonds is 4. The van der Waals surface area contributed by atoms with Crippen LogP contribution in [0.1, 0.15) is 15.9 Å². The van der Waals surface area contributed by atoms with E-state index in [1.165, 1.54) is 24.3 Å². The van der Waals surface area contributed by atoms with Gasteiger partial charge in [0, 0.05) is 16.1 Å². The van der Waals surface area contributed by atoms with Crippen molar-refractivity contribution in [1.82, 2.24) is 0 Å². The van der Waals surface area contributed by atoms with Gasteiger partial charge in [-0.2, -0.15) is 0 Å². The molecule has 6 nitrogen and oxygen atoms in total. The fourth-order valence-corrected chi connectivity index (χ4v) is 2.03. The van der Waals surface area contributed by atoms with E-state index in [4.69, 9.17) is 10.5 Å². The quantitative estimate of drug-likeness (QED) is 0.386. The van der Waals surface area contributed by atoms with E-state index in [-0.39, 0.29) is 29.1 Å². The van der Waals surface area contributed by atoms with E-state index in [9.17, 15) is 19.3 Å². The normalized spacial score (nSPS) is 10.3. The maximum Gasteiger partial charge on any atom is 0.338 e. The number of halogens is 2. The smallest absolute Gasteiger partial charge is 0.338 e. The van der Waals surface area contributed by atoms with E-state index in [2.05, 4.69) is 15.9 Å². The average molecular weight is 369 g/mol. The van der Waals surface area contributed by atoms with Gasteiger partial charge in [-0.1, -0.05) is 22.0 Å². The Hall–Kier alpha value is -2.48. The van der Waals surface area contributed by atoms with Crippen molar-refractivity contribution in [1.29, 1.82) is 0 Å². The van der Waals surface area contributed by atoms with E-state index in [1.54, 1.807) is 6.07 Å². The molecule has 0 aromatic heterocycles. The first kappa shape index (κ1) is 15.9. The Morgan fingerprint density at radius 1 is 1.32 bits per heavy atom. The van der Waals surface area contributed by atoms with Crippen molar-refractivity contribution in [2.24, 2.45) is 0 Å². The third-order valence-corrected chi connectivity index (χ3v) is 3.33. The highest BCUT2D eigenvalue weighted by Crippen LogP contribution is 2.23. The van der Waals surface area contributed by atoms with Gasteiger partial charge in [0.05, 0.1) is 10.5 Å². The lowest BCUT2D eigenvalue weighted by Gasteiger charge is -2.07. The summed E-state index contributed by atoms with van der Waals surface area (Å²) < 4.78 is 19.1. The van der Waals surface area contributed by atoms with Crippen LogP contribution in [0.2, 0.25) is 0 Å². The third-order valence-electron chi connectivity index (χ3n) is 2.84. The Kier molecular flexibility index (Phi) is 4.71. The summed E-state index contributed by atoms with van der Waals surface area (Å²) in [5, 5.41) is 10.8. The number of benzene rings is 2. The first-order valence-electron chi connectivity index (χ1n) is 6.03. The number of hydrogen-bond acceptors (Lipinski definition) is 5. The van der Waals surface area contributed by atoms with E-state index >= 15 is 0 Å². The van der Waals surface area contributed by atoms with Crippen LogP contribution in [0, 0.1) is 15.9 Å². The number of nitrogens with two attached hydrogens (primary N) is 1. The molecule has 0 aliphatic carbocycles. The van der Waals surface area contributed by atoms with Gasteiger partial charge in [0.25, 0.3) is 5.69 Å². The van der Waals surface area contributed by atoms with Gasteiger partial charge in [0.15, 0.2) is 0 Å². The number of carbonyl (C=O) groups is 1. The first-order chi connectivity index (χ1) is 10.4. The molecule has 0 spiro atoms. The van der Waals surface area contributed by atoms with Crippen LogP contribution >= 0.6 is 15.9 Å². The SMILES string of the molecule is Nc1ccc(C(=O)OCc2ccc(Br)cc2F)cc1[N+](=O)[O-]. The largest absolute Gasteiger partial charge is 0.457 e. The van der Waals surface area contributed by atoms with Crippen LogP contribution in [0.4, 0.5) is 15.8 Å². The minimum Gasteiger partial charge on any atom is -0.457 e. The average Bonchev–Trinajstić information content (AvgIpc) is 2.46. The second kappa shape index (κ2) is 6.52. The Morgan fingerprint density at radius 3 is 2.68 bits per heavy atom. The summed E-state index contributed by atoms with van der Waals surface area (Å²) >= 11 is 3.12. The lowest BCUT2D eigenvalue weighted by molar-refractivity contribution is -0.383. The number of carbonyl (C=O) groups excluding carboxylic acids is 1. The molecule has 2 N–H and O–H groups in total. The predicted molar refractivity (Wildman–Crippen MR) is 80.7 cm³/mol. The monoisotopic (exact) mass is 368 g/mol. The molecule has 8 heteroatoms. The van der Waals surface area contributed by atoms with Crippen LogP contribution in [0.3, 0.4) is 0 Å². The number of ether oxygens (including phenoxy) is 1. The summed E-state index contributed by atoms with van der Waals surface area (Å²) in [6, 6.07) is 7.91. The molecule has 0 saturated heterocycles. The molecule has 2 aromatic rings. The highest BCUT2D eigenvalue weighted by atomic mass is 79.9. The second-order valence-corrected chi connectivity index (χ2v) is 5.26. The molecule has 0 heterocycles. The Bertz CT molecular complexity index is 752. The van der Waals surface area contributed by atoms with Crippen LogP contribution in [-0.2, 0) is 11.3 Å². The molecule has 0 aliphatic rings. The lowest BCUT2D eigenvalue weighted by atomic mass is 10.1. The fourth-order valence-electron chi connectivity index (χ4n) is 1.69. The van der Waals surface area contributed by atoms with Crippen molar-refractivity contribution < 1.29 is 18.8 Å². The third kappa shape index (κ3) is 3.59. The molecule has 0 saturated carbocycles. The standard InChI is InChI=1S/C14H10BrFN2O4/c15-10-3-1-9(11(16)6-10)7-22-14(19)8-2-4-12(17)13(5-8)18(20)21/h1-6H,7,17H2. The summed E-state index contributed by atoms with van der Waals surface area (Å²) in [5.41, 5.74) is 5.17. The van der Waals surface area contributed by atoms with E-state index in [0.717, 1.165) is 6.07 Å². The van der Waals surface area contributed by atoms with Crippen molar-refractivity contribution >= 4 is 33.3 Å². The highest BCUT2D eigenvalue weighted by Gasteiger charge is 2.17. The molecular formula is C14H10BrFN2O4. The van der Waals surface area contributed by atoms with Crippen LogP contribution in [0.15, 0.2) is 40.9 Å². The molecule has 114 valence electrons. The van der Waals surface area contributed by atoms with E-state index < -0.39 is 16.7 Å². The van der Waals surface area contributed by atoms with Crippen LogP contribution in [0.5, 0.6) is 0 Å². The molecule has 0 radical (unpaired) electrons. The number of anilines is 1. The van der Waals surface area contributed by atoms with Crippen molar-refractivity contribution in [3.63, 3.8) is 0 Å². The molecule has 22 heavy (non-hydrogen) atoms. The molecule has 0 aliphatic heterocycles. The Balaban J connectivity index is 2.12. The maximum absolute atomic E-state index is 13.6. The highest BCUT2D eigenvalue weighted by molar-refractivity contribution is 9.10. The van der Waals surface area contributed by atoms with Crippen LogP contribution in [-0.4, -0.2) is 10.9 Å². The first-order valence-corrected chi connectivity index (χ1v) is 6.82. The minimum atomic E-state index is -0.801. The summed E-state index contributed by atoms with van der Waals surface area (Å²) in [5.74, 6) is -1.32. The van der Waals surface area contributed by atoms with Crippen LogP contribution < -0.4 is 5.73 Å². The van der Waals surface area contributed by atoms with E-state index in [1.807, 2.05) is 0 Å². The molecule has 2 rings (SSSR count). The number of esters is 1. The summed E-state index contributed by atoms with van der Waals surface area (Å²) in [6.07, 6.45) is 0. The van der Waals surface area contributed by atoms with Gasteiger partial charge in [-0.15, -0.1) is 0 Å². The number of nitrogen functional groups attached to an aromatic ring is 1. The maximum atomic E-state index is 13.6. The zero-order valence-electron chi connectivity index (χ0n) is 11.1. The van der Waals surface area contributed by atoms with Gasteiger partial charge in [0.1, 0.15) is 18.1 Å². The van der Waals surface area contributed by atoms with Gasteiger partial charge in [-0.3, -0.25) is 10.1 Å². The molecule has 0 amide bonds. The topological polar surface area (TPSA) is 95.5 Å². The molecule has 0 bridgehead atoms. The zero-order chi connectivity index (χ0) is 16.3. The van der Waals surface area contributed by atoms with Crippen molar-refractivity contribution in [3.05, 3.63) is 67.9 Å². The molecule has 0 unspecified atom stereocenters. The number of nitrogens with zero attached hydrogens (tertiary/aromatic N) is 1. The molecule has 0 atom stereocenters. The minimum absolute atomic E-state index is 0.0292. The van der Waals surface area contributed by atoms with Crippen molar-refractivity contribution in [3.8, 4) is 0 Å².